The molecule has 1 aliphatic heterocycles. The van der Waals surface area contributed by atoms with Gasteiger partial charge in [-0.15, -0.1) is 11.8 Å². The smallest absolute Gasteiger partial charge is 0.165 e. The van der Waals surface area contributed by atoms with E-state index in [4.69, 9.17) is 28.0 Å². The number of thioether (sulfide) groups is 1. The molecule has 0 radical (unpaired) electrons. The summed E-state index contributed by atoms with van der Waals surface area (Å²) in [5.41, 5.74) is 6.50. The molecule has 10 heteroatoms. The summed E-state index contributed by atoms with van der Waals surface area (Å²) < 4.78 is 38.9. The highest BCUT2D eigenvalue weighted by molar-refractivity contribution is 8.00. The van der Waals surface area contributed by atoms with E-state index in [0.29, 0.717) is 25.4 Å². The molecule has 290 valence electrons. The summed E-state index contributed by atoms with van der Waals surface area (Å²) in [5, 5.41) is 15.3. The number of benzene rings is 6. The second-order valence-electron chi connectivity index (χ2n) is 13.8. The lowest BCUT2D eigenvalue weighted by Gasteiger charge is -2.51. The van der Waals surface area contributed by atoms with E-state index in [1.165, 1.54) is 11.8 Å². The first kappa shape index (κ1) is 40.7. The van der Waals surface area contributed by atoms with E-state index >= 15 is 0 Å². The third kappa shape index (κ3) is 9.96. The minimum atomic E-state index is -1.66. The first-order chi connectivity index (χ1) is 27.6. The van der Waals surface area contributed by atoms with Gasteiger partial charge < -0.3 is 33.1 Å². The van der Waals surface area contributed by atoms with Crippen LogP contribution < -0.4 is 0 Å². The lowest BCUT2D eigenvalue weighted by Crippen LogP contribution is -2.61. The zero-order valence-electron chi connectivity index (χ0n) is 31.2. The van der Waals surface area contributed by atoms with Gasteiger partial charge in [-0.3, -0.25) is 0 Å². The fourth-order valence-corrected chi connectivity index (χ4v) is 9.33. The van der Waals surface area contributed by atoms with Gasteiger partial charge in [0.1, 0.15) is 18.3 Å². The molecule has 0 amide bonds. The number of hydrogen-bond acceptors (Lipinski definition) is 8. The zero-order valence-corrected chi connectivity index (χ0v) is 34.3. The van der Waals surface area contributed by atoms with Gasteiger partial charge >= 0.3 is 0 Å². The van der Waals surface area contributed by atoms with Crippen LogP contribution in [0.2, 0.25) is 0 Å². The maximum absolute atomic E-state index is 13.7. The highest BCUT2D eigenvalue weighted by atomic mass is 32.2. The maximum atomic E-state index is 13.7. The van der Waals surface area contributed by atoms with E-state index in [9.17, 15) is 5.11 Å². The molecule has 1 fully saturated rings. The van der Waals surface area contributed by atoms with Crippen molar-refractivity contribution in [2.24, 2.45) is 0 Å². The zero-order chi connectivity index (χ0) is 38.6. The van der Waals surface area contributed by atoms with E-state index in [1.54, 1.807) is 0 Å². The third-order valence-corrected chi connectivity index (χ3v) is 11.9. The van der Waals surface area contributed by atoms with Gasteiger partial charge in [-0.05, 0) is 50.2 Å². The summed E-state index contributed by atoms with van der Waals surface area (Å²) in [6, 6.07) is 50.5. The highest BCUT2D eigenvalue weighted by Gasteiger charge is 2.57. The Hall–Kier alpha value is -3.49. The molecular formula is C46H48O7P2S. The molecule has 0 saturated carbocycles. The van der Waals surface area contributed by atoms with Crippen LogP contribution in [0.4, 0.5) is 0 Å². The molecule has 0 spiro atoms. The number of hydrogen-bond donors (Lipinski definition) is 1. The van der Waals surface area contributed by atoms with Crippen LogP contribution in [-0.4, -0.2) is 35.3 Å². The average Bonchev–Trinajstić information content (AvgIpc) is 3.24. The molecule has 6 aromatic carbocycles. The molecule has 0 aromatic heterocycles. The number of fused-ring (bicyclic) bond motifs is 1. The first-order valence-corrected chi connectivity index (χ1v) is 20.6. The van der Waals surface area contributed by atoms with Gasteiger partial charge in [0.2, 0.25) is 0 Å². The number of aliphatic hydroxyl groups is 1. The van der Waals surface area contributed by atoms with Crippen molar-refractivity contribution < 1.29 is 33.1 Å². The molecular weight excluding hydrogens is 759 g/mol. The lowest BCUT2D eigenvalue weighted by atomic mass is 9.87. The second kappa shape index (κ2) is 20.3. The normalized spacial score (nSPS) is 21.0. The molecule has 1 heterocycles. The summed E-state index contributed by atoms with van der Waals surface area (Å²) in [6.07, 6.45) is -2.19. The molecule has 0 aliphatic carbocycles. The van der Waals surface area contributed by atoms with Gasteiger partial charge in [-0.25, -0.2) is 0 Å². The molecule has 7 atom stereocenters. The molecule has 7 nitrogen and oxygen atoms in total. The molecule has 1 N–H and O–H groups in total. The Labute approximate surface area is 338 Å². The van der Waals surface area contributed by atoms with Crippen LogP contribution in [0.3, 0.4) is 0 Å². The van der Waals surface area contributed by atoms with Gasteiger partial charge in [-0.1, -0.05) is 146 Å². The van der Waals surface area contributed by atoms with Crippen molar-refractivity contribution >= 4 is 41.5 Å². The number of rotatable bonds is 18. The van der Waals surface area contributed by atoms with Crippen molar-refractivity contribution in [3.63, 3.8) is 0 Å². The molecule has 7 rings (SSSR count). The molecule has 1 aliphatic rings. The largest absolute Gasteiger partial charge is 0.376 e. The molecule has 3 unspecified atom stereocenters. The summed E-state index contributed by atoms with van der Waals surface area (Å²) in [6.45, 7) is 2.10. The maximum Gasteiger partial charge on any atom is 0.165 e. The van der Waals surface area contributed by atoms with Crippen molar-refractivity contribution in [3.8, 4) is 0 Å². The fraction of sp³-hybridized carbons (Fsp3) is 0.261. The van der Waals surface area contributed by atoms with Gasteiger partial charge in [0, 0.05) is 24.5 Å². The molecule has 1 saturated heterocycles. The monoisotopic (exact) mass is 806 g/mol. The van der Waals surface area contributed by atoms with Crippen LogP contribution in [0.15, 0.2) is 152 Å². The standard InChI is InChI=1S/C46H48O7P2S/c47-46(41-25-37(30-52-54)38-23-13-14-24-39(38)40(41)31-53-55)45(51-29-36-21-11-4-12-22-36)44(50-28-35-19-9-3-10-20-35)43(49-27-34-17-7-2-8-18-34)42(56-46)32-48-26-33-15-5-1-6-16-33/h1-25,42-45,47H,26-32,54-55H2/t42-,43-,44+,45-,46?/m1/s1. The molecule has 56 heavy (non-hydrogen) atoms. The van der Waals surface area contributed by atoms with Crippen molar-refractivity contribution in [2.75, 3.05) is 6.61 Å². The fourth-order valence-electron chi connectivity index (χ4n) is 7.35. The predicted molar refractivity (Wildman–Crippen MR) is 229 cm³/mol. The molecule has 6 aromatic rings. The minimum Gasteiger partial charge on any atom is -0.376 e. The quantitative estimate of drug-likeness (QED) is 0.0862. The Balaban J connectivity index is 1.37. The van der Waals surface area contributed by atoms with Crippen molar-refractivity contribution in [1.29, 1.82) is 0 Å². The van der Waals surface area contributed by atoms with Crippen LogP contribution in [0.25, 0.3) is 10.8 Å². The average molecular weight is 807 g/mol. The Morgan fingerprint density at radius 2 is 0.982 bits per heavy atom. The summed E-state index contributed by atoms with van der Waals surface area (Å²) >= 11 is 1.40. The number of ether oxygens (including phenoxy) is 4. The first-order valence-electron chi connectivity index (χ1n) is 18.7. The topological polar surface area (TPSA) is 75.6 Å². The second-order valence-corrected chi connectivity index (χ2v) is 16.0. The van der Waals surface area contributed by atoms with Gasteiger partial charge in [0.25, 0.3) is 0 Å². The van der Waals surface area contributed by atoms with Gasteiger partial charge in [-0.2, -0.15) is 0 Å². The van der Waals surface area contributed by atoms with Crippen LogP contribution in [-0.2, 0) is 72.6 Å². The van der Waals surface area contributed by atoms with Crippen LogP contribution in [0.1, 0.15) is 38.9 Å². The summed E-state index contributed by atoms with van der Waals surface area (Å²) in [5.74, 6) is 0. The van der Waals surface area contributed by atoms with E-state index in [2.05, 4.69) is 43.2 Å². The van der Waals surface area contributed by atoms with E-state index < -0.39 is 23.2 Å². The SMILES string of the molecule is OC1(c2cc(COP)c3ccccc3c2COP)S[C@H](COCc2ccccc2)[C@@H](OCc2ccccc2)[C@H](OCc2ccccc2)[C@H]1OCc1ccccc1. The Morgan fingerprint density at radius 1 is 0.518 bits per heavy atom. The minimum absolute atomic E-state index is 0.232. The Kier molecular flexibility index (Phi) is 14.7. The van der Waals surface area contributed by atoms with Crippen molar-refractivity contribution in [3.05, 3.63) is 191 Å². The van der Waals surface area contributed by atoms with Gasteiger partial charge in [0.15, 0.2) is 4.93 Å². The Morgan fingerprint density at radius 3 is 1.52 bits per heavy atom. The van der Waals surface area contributed by atoms with Gasteiger partial charge in [0.05, 0.1) is 51.5 Å². The van der Waals surface area contributed by atoms with E-state index in [0.717, 1.165) is 44.2 Å². The van der Waals surface area contributed by atoms with Crippen molar-refractivity contribution in [2.45, 2.75) is 68.1 Å². The van der Waals surface area contributed by atoms with Crippen molar-refractivity contribution in [1.82, 2.24) is 0 Å². The Bertz CT molecular complexity index is 2100. The van der Waals surface area contributed by atoms with E-state index in [-0.39, 0.29) is 31.7 Å². The van der Waals surface area contributed by atoms with Crippen LogP contribution in [0.5, 0.6) is 0 Å². The van der Waals surface area contributed by atoms with Crippen LogP contribution >= 0.6 is 30.7 Å². The summed E-state index contributed by atoms with van der Waals surface area (Å²) in [4.78, 5) is -1.66. The van der Waals surface area contributed by atoms with Crippen LogP contribution in [0, 0.1) is 0 Å². The molecule has 0 bridgehead atoms. The third-order valence-electron chi connectivity index (χ3n) is 10.0. The highest BCUT2D eigenvalue weighted by Crippen LogP contribution is 2.52. The van der Waals surface area contributed by atoms with E-state index in [1.807, 2.05) is 127 Å². The summed E-state index contributed by atoms with van der Waals surface area (Å²) in [7, 11) is 4.73. The lowest BCUT2D eigenvalue weighted by molar-refractivity contribution is -0.199. The predicted octanol–water partition coefficient (Wildman–Crippen LogP) is 9.69.